The van der Waals surface area contributed by atoms with Crippen LogP contribution >= 0.6 is 24.8 Å². The fourth-order valence-corrected chi connectivity index (χ4v) is 1.42. The molecule has 1 aliphatic heterocycles. The summed E-state index contributed by atoms with van der Waals surface area (Å²) in [7, 11) is 1.99. The molecule has 4 nitrogen and oxygen atoms in total. The molecule has 1 saturated heterocycles. The van der Waals surface area contributed by atoms with Crippen LogP contribution in [-0.4, -0.2) is 29.2 Å². The van der Waals surface area contributed by atoms with Gasteiger partial charge in [0.2, 0.25) is 0 Å². The Morgan fingerprint density at radius 1 is 1.57 bits per heavy atom. The molecular formula is C8H15Cl2N3O. The van der Waals surface area contributed by atoms with Gasteiger partial charge in [0.1, 0.15) is 11.9 Å². The number of nitrogens with zero attached hydrogens (tertiary/aromatic N) is 2. The van der Waals surface area contributed by atoms with E-state index in [9.17, 15) is 0 Å². The quantitative estimate of drug-likeness (QED) is 0.793. The zero-order valence-electron chi connectivity index (χ0n) is 7.97. The van der Waals surface area contributed by atoms with Gasteiger partial charge in [-0.3, -0.25) is 0 Å². The molecular weight excluding hydrogens is 225 g/mol. The van der Waals surface area contributed by atoms with E-state index in [0.29, 0.717) is 0 Å². The van der Waals surface area contributed by atoms with Gasteiger partial charge in [-0.15, -0.1) is 24.8 Å². The summed E-state index contributed by atoms with van der Waals surface area (Å²) in [6.07, 6.45) is 3.86. The second-order valence-corrected chi connectivity index (χ2v) is 2.96. The molecule has 6 heteroatoms. The largest absolute Gasteiger partial charge is 0.368 e. The van der Waals surface area contributed by atoms with E-state index in [1.54, 1.807) is 6.20 Å². The van der Waals surface area contributed by atoms with Crippen molar-refractivity contribution in [3.8, 4) is 0 Å². The molecule has 0 aliphatic carbocycles. The second-order valence-electron chi connectivity index (χ2n) is 2.96. The minimum absolute atomic E-state index is 0. The van der Waals surface area contributed by atoms with Crippen molar-refractivity contribution in [2.45, 2.75) is 6.10 Å². The van der Waals surface area contributed by atoms with E-state index < -0.39 is 0 Å². The van der Waals surface area contributed by atoms with Crippen LogP contribution in [0.1, 0.15) is 11.9 Å². The Balaban J connectivity index is 0.000000845. The Hall–Kier alpha value is -0.290. The summed E-state index contributed by atoms with van der Waals surface area (Å²) in [5.41, 5.74) is 0. The second kappa shape index (κ2) is 6.24. The van der Waals surface area contributed by atoms with Gasteiger partial charge < -0.3 is 14.6 Å². The van der Waals surface area contributed by atoms with Crippen LogP contribution in [0.3, 0.4) is 0 Å². The minimum Gasteiger partial charge on any atom is -0.368 e. The Morgan fingerprint density at radius 2 is 2.36 bits per heavy atom. The Kier molecular flexibility index (Phi) is 6.11. The number of aromatic nitrogens is 2. The van der Waals surface area contributed by atoms with Crippen molar-refractivity contribution in [1.82, 2.24) is 14.9 Å². The number of rotatable bonds is 1. The highest BCUT2D eigenvalue weighted by atomic mass is 35.5. The molecule has 0 aromatic carbocycles. The van der Waals surface area contributed by atoms with E-state index in [0.717, 1.165) is 25.5 Å². The van der Waals surface area contributed by atoms with Gasteiger partial charge in [-0.1, -0.05) is 0 Å². The maximum Gasteiger partial charge on any atom is 0.138 e. The van der Waals surface area contributed by atoms with E-state index in [4.69, 9.17) is 4.74 Å². The lowest BCUT2D eigenvalue weighted by Gasteiger charge is -2.22. The van der Waals surface area contributed by atoms with Crippen molar-refractivity contribution < 1.29 is 4.74 Å². The van der Waals surface area contributed by atoms with E-state index in [1.165, 1.54) is 0 Å². The lowest BCUT2D eigenvalue weighted by Crippen LogP contribution is -2.34. The summed E-state index contributed by atoms with van der Waals surface area (Å²) in [6.45, 7) is 2.59. The van der Waals surface area contributed by atoms with Gasteiger partial charge in [-0.05, 0) is 0 Å². The minimum atomic E-state index is 0. The fraction of sp³-hybridized carbons (Fsp3) is 0.625. The van der Waals surface area contributed by atoms with Crippen molar-refractivity contribution in [2.24, 2.45) is 7.05 Å². The first-order chi connectivity index (χ1) is 5.88. The number of hydrogen-bond acceptors (Lipinski definition) is 3. The monoisotopic (exact) mass is 239 g/mol. The predicted molar refractivity (Wildman–Crippen MR) is 59.3 cm³/mol. The summed E-state index contributed by atoms with van der Waals surface area (Å²) < 4.78 is 7.56. The molecule has 1 aromatic heterocycles. The fourth-order valence-electron chi connectivity index (χ4n) is 1.42. The standard InChI is InChI=1S/C8H13N3O.2ClH/c1-11-4-2-10-8(11)7-6-9-3-5-12-7;;/h2,4,7,9H,3,5-6H2,1H3;2*1H. The zero-order valence-corrected chi connectivity index (χ0v) is 9.61. The third kappa shape index (κ3) is 2.85. The highest BCUT2D eigenvalue weighted by Gasteiger charge is 2.18. The molecule has 0 amide bonds. The Labute approximate surface area is 95.9 Å². The molecule has 1 unspecified atom stereocenters. The summed E-state index contributed by atoms with van der Waals surface area (Å²) in [6, 6.07) is 0. The first-order valence-electron chi connectivity index (χ1n) is 4.17. The zero-order chi connectivity index (χ0) is 8.39. The maximum absolute atomic E-state index is 5.56. The van der Waals surface area contributed by atoms with Crippen LogP contribution < -0.4 is 5.32 Å². The van der Waals surface area contributed by atoms with Crippen molar-refractivity contribution in [3.05, 3.63) is 18.2 Å². The molecule has 1 aromatic rings. The number of aryl methyl sites for hydroxylation is 1. The highest BCUT2D eigenvalue weighted by molar-refractivity contribution is 5.85. The van der Waals surface area contributed by atoms with Gasteiger partial charge in [0.05, 0.1) is 6.61 Å². The molecule has 1 atom stereocenters. The lowest BCUT2D eigenvalue weighted by atomic mass is 10.3. The van der Waals surface area contributed by atoms with Gasteiger partial charge in [0.15, 0.2) is 0 Å². The van der Waals surface area contributed by atoms with Gasteiger partial charge in [-0.2, -0.15) is 0 Å². The normalized spacial score (nSPS) is 20.8. The average molecular weight is 240 g/mol. The van der Waals surface area contributed by atoms with Crippen LogP contribution in [0.4, 0.5) is 0 Å². The number of morpholine rings is 1. The van der Waals surface area contributed by atoms with Crippen LogP contribution in [0, 0.1) is 0 Å². The molecule has 14 heavy (non-hydrogen) atoms. The number of hydrogen-bond donors (Lipinski definition) is 1. The average Bonchev–Trinajstić information content (AvgIpc) is 2.53. The van der Waals surface area contributed by atoms with Crippen LogP contribution in [0.15, 0.2) is 12.4 Å². The van der Waals surface area contributed by atoms with Crippen molar-refractivity contribution in [3.63, 3.8) is 0 Å². The number of imidazole rings is 1. The van der Waals surface area contributed by atoms with Crippen molar-refractivity contribution in [1.29, 1.82) is 0 Å². The summed E-state index contributed by atoms with van der Waals surface area (Å²) >= 11 is 0. The lowest BCUT2D eigenvalue weighted by molar-refractivity contribution is 0.0205. The predicted octanol–water partition coefficient (Wildman–Crippen LogP) is 0.925. The number of ether oxygens (including phenoxy) is 1. The SMILES string of the molecule is Cl.Cl.Cn1ccnc1C1CNCCO1. The molecule has 1 N–H and O–H groups in total. The van der Waals surface area contributed by atoms with E-state index in [2.05, 4.69) is 10.3 Å². The molecule has 2 rings (SSSR count). The Bertz CT molecular complexity index is 261. The summed E-state index contributed by atoms with van der Waals surface area (Å²) in [5, 5.41) is 3.27. The third-order valence-corrected chi connectivity index (χ3v) is 2.07. The maximum atomic E-state index is 5.56. The van der Waals surface area contributed by atoms with Gasteiger partial charge in [0, 0.05) is 32.5 Å². The first kappa shape index (κ1) is 13.7. The molecule has 2 heterocycles. The number of halogens is 2. The molecule has 82 valence electrons. The van der Waals surface area contributed by atoms with E-state index >= 15 is 0 Å². The van der Waals surface area contributed by atoms with Crippen molar-refractivity contribution in [2.75, 3.05) is 19.7 Å². The first-order valence-corrected chi connectivity index (χ1v) is 4.17. The topological polar surface area (TPSA) is 39.1 Å². The summed E-state index contributed by atoms with van der Waals surface area (Å²) in [5.74, 6) is 1.00. The van der Waals surface area contributed by atoms with Gasteiger partial charge in [0.25, 0.3) is 0 Å². The van der Waals surface area contributed by atoms with E-state index in [1.807, 2.05) is 17.8 Å². The molecule has 0 spiro atoms. The summed E-state index contributed by atoms with van der Waals surface area (Å²) in [4.78, 5) is 4.24. The molecule has 1 fully saturated rings. The van der Waals surface area contributed by atoms with Crippen molar-refractivity contribution >= 4 is 24.8 Å². The molecule has 0 bridgehead atoms. The highest BCUT2D eigenvalue weighted by Crippen LogP contribution is 2.15. The van der Waals surface area contributed by atoms with Gasteiger partial charge in [-0.25, -0.2) is 4.98 Å². The van der Waals surface area contributed by atoms with Gasteiger partial charge >= 0.3 is 0 Å². The van der Waals surface area contributed by atoms with Crippen LogP contribution in [0.5, 0.6) is 0 Å². The Morgan fingerprint density at radius 3 is 2.86 bits per heavy atom. The number of nitrogens with one attached hydrogen (secondary N) is 1. The smallest absolute Gasteiger partial charge is 0.138 e. The van der Waals surface area contributed by atoms with Crippen LogP contribution in [0.25, 0.3) is 0 Å². The molecule has 1 aliphatic rings. The molecule has 0 saturated carbocycles. The van der Waals surface area contributed by atoms with Crippen LogP contribution in [-0.2, 0) is 11.8 Å². The van der Waals surface area contributed by atoms with E-state index in [-0.39, 0.29) is 30.9 Å². The molecule has 0 radical (unpaired) electrons. The van der Waals surface area contributed by atoms with Crippen LogP contribution in [0.2, 0.25) is 0 Å². The third-order valence-electron chi connectivity index (χ3n) is 2.07.